The van der Waals surface area contributed by atoms with Crippen molar-refractivity contribution < 1.29 is 19.1 Å². The zero-order chi connectivity index (χ0) is 28.3. The van der Waals surface area contributed by atoms with Gasteiger partial charge in [-0.2, -0.15) is 0 Å². The lowest BCUT2D eigenvalue weighted by molar-refractivity contribution is -0.114. The van der Waals surface area contributed by atoms with Gasteiger partial charge in [-0.1, -0.05) is 46.3 Å². The molecule has 0 atom stereocenters. The molecule has 40 heavy (non-hydrogen) atoms. The van der Waals surface area contributed by atoms with Crippen LogP contribution in [0.4, 0.5) is 11.4 Å². The predicted octanol–water partition coefficient (Wildman–Crippen LogP) is 6.60. The summed E-state index contributed by atoms with van der Waals surface area (Å²) in [4.78, 5) is 39.2. The van der Waals surface area contributed by atoms with Gasteiger partial charge >= 0.3 is 0 Å². The Kier molecular flexibility index (Phi) is 10.1. The Morgan fingerprint density at radius 2 is 1.50 bits per heavy atom. The second-order valence-corrected chi connectivity index (χ2v) is 10.4. The molecule has 0 aliphatic rings. The number of ether oxygens (including phenoxy) is 1. The van der Waals surface area contributed by atoms with Crippen molar-refractivity contribution >= 4 is 62.9 Å². The van der Waals surface area contributed by atoms with E-state index in [0.717, 1.165) is 14.9 Å². The number of carbonyl (C=O) groups excluding carboxylic acids is 3. The molecule has 0 saturated carbocycles. The lowest BCUT2D eigenvalue weighted by Gasteiger charge is -2.12. The number of rotatable bonds is 10. The van der Waals surface area contributed by atoms with Crippen LogP contribution in [0.2, 0.25) is 0 Å². The fourth-order valence-corrected chi connectivity index (χ4v) is 4.67. The molecule has 0 unspecified atom stereocenters. The van der Waals surface area contributed by atoms with Gasteiger partial charge in [-0.05, 0) is 84.4 Å². The molecule has 4 rings (SSSR count). The van der Waals surface area contributed by atoms with Crippen molar-refractivity contribution in [1.82, 2.24) is 5.32 Å². The van der Waals surface area contributed by atoms with Gasteiger partial charge in [0.2, 0.25) is 5.91 Å². The third-order valence-electron chi connectivity index (χ3n) is 5.54. The van der Waals surface area contributed by atoms with Gasteiger partial charge in [0.1, 0.15) is 11.4 Å². The van der Waals surface area contributed by atoms with E-state index >= 15 is 0 Å². The Morgan fingerprint density at radius 1 is 0.825 bits per heavy atom. The van der Waals surface area contributed by atoms with Crippen molar-refractivity contribution in [3.63, 3.8) is 0 Å². The van der Waals surface area contributed by atoms with Crippen LogP contribution < -0.4 is 20.7 Å². The number of hydrogen-bond acceptors (Lipinski definition) is 5. The highest BCUT2D eigenvalue weighted by Crippen LogP contribution is 2.22. The summed E-state index contributed by atoms with van der Waals surface area (Å²) in [6, 6.07) is 30.3. The summed E-state index contributed by atoms with van der Waals surface area (Å²) in [5, 5.41) is 8.41. The molecule has 0 aromatic heterocycles. The number of anilines is 2. The average molecular weight is 617 g/mol. The van der Waals surface area contributed by atoms with E-state index in [4.69, 9.17) is 4.74 Å². The molecule has 0 aliphatic heterocycles. The fraction of sp³-hybridized carbons (Fsp3) is 0.0645. The highest BCUT2D eigenvalue weighted by atomic mass is 79.9. The van der Waals surface area contributed by atoms with Crippen molar-refractivity contribution in [1.29, 1.82) is 0 Å². The van der Waals surface area contributed by atoms with E-state index in [0.29, 0.717) is 22.7 Å². The van der Waals surface area contributed by atoms with Gasteiger partial charge in [-0.25, -0.2) is 0 Å². The Hall–Kier alpha value is -4.34. The third kappa shape index (κ3) is 8.59. The molecule has 0 spiro atoms. The van der Waals surface area contributed by atoms with E-state index in [2.05, 4.69) is 31.9 Å². The highest BCUT2D eigenvalue weighted by Gasteiger charge is 2.15. The van der Waals surface area contributed by atoms with Gasteiger partial charge in [0.15, 0.2) is 0 Å². The first-order valence-electron chi connectivity index (χ1n) is 12.2. The first-order chi connectivity index (χ1) is 19.4. The lowest BCUT2D eigenvalue weighted by atomic mass is 10.1. The van der Waals surface area contributed by atoms with Crippen LogP contribution in [-0.2, 0) is 9.59 Å². The molecule has 9 heteroatoms. The molecule has 0 heterocycles. The summed E-state index contributed by atoms with van der Waals surface area (Å²) < 4.78 is 5.97. The van der Waals surface area contributed by atoms with Crippen LogP contribution in [0.25, 0.3) is 6.08 Å². The van der Waals surface area contributed by atoms with Crippen molar-refractivity contribution in [2.45, 2.75) is 4.90 Å². The average Bonchev–Trinajstić information content (AvgIpc) is 2.97. The number of hydrogen-bond donors (Lipinski definition) is 3. The van der Waals surface area contributed by atoms with Crippen LogP contribution in [0.5, 0.6) is 5.75 Å². The number of halogens is 1. The first kappa shape index (κ1) is 28.7. The molecule has 0 fully saturated rings. The number of carbonyl (C=O) groups is 3. The summed E-state index contributed by atoms with van der Waals surface area (Å²) in [6.45, 7) is 0. The molecule has 4 aromatic carbocycles. The van der Waals surface area contributed by atoms with Gasteiger partial charge in [0.25, 0.3) is 11.8 Å². The number of benzene rings is 4. The second-order valence-electron chi connectivity index (χ2n) is 8.48. The molecule has 202 valence electrons. The summed E-state index contributed by atoms with van der Waals surface area (Å²) in [6.07, 6.45) is 1.62. The van der Waals surface area contributed by atoms with Gasteiger partial charge in [-0.15, -0.1) is 11.8 Å². The Morgan fingerprint density at radius 3 is 2.17 bits per heavy atom. The maximum atomic E-state index is 13.2. The third-order valence-corrected chi connectivity index (χ3v) is 7.05. The van der Waals surface area contributed by atoms with Gasteiger partial charge in [0.05, 0.1) is 12.9 Å². The lowest BCUT2D eigenvalue weighted by Crippen LogP contribution is -2.30. The zero-order valence-electron chi connectivity index (χ0n) is 21.5. The normalized spacial score (nSPS) is 10.9. The summed E-state index contributed by atoms with van der Waals surface area (Å²) >= 11 is 4.81. The van der Waals surface area contributed by atoms with Crippen LogP contribution in [-0.4, -0.2) is 30.6 Å². The van der Waals surface area contributed by atoms with E-state index in [9.17, 15) is 14.4 Å². The minimum atomic E-state index is -0.469. The zero-order valence-corrected chi connectivity index (χ0v) is 23.9. The van der Waals surface area contributed by atoms with E-state index in [1.165, 1.54) is 11.8 Å². The fourth-order valence-electron chi connectivity index (χ4n) is 3.56. The molecule has 3 N–H and O–H groups in total. The largest absolute Gasteiger partial charge is 0.497 e. The Balaban J connectivity index is 1.38. The maximum absolute atomic E-state index is 13.2. The van der Waals surface area contributed by atoms with Crippen molar-refractivity contribution in [3.8, 4) is 5.75 Å². The van der Waals surface area contributed by atoms with Crippen LogP contribution >= 0.6 is 27.7 Å². The van der Waals surface area contributed by atoms with Crippen molar-refractivity contribution in [2.75, 3.05) is 23.5 Å². The molecular formula is C31H26BrN3O4S. The molecule has 0 bridgehead atoms. The Bertz CT molecular complexity index is 1510. The second kappa shape index (κ2) is 14.2. The summed E-state index contributed by atoms with van der Waals surface area (Å²) in [5.41, 5.74) is 2.52. The molecular weight excluding hydrogens is 590 g/mol. The number of amides is 3. The smallest absolute Gasteiger partial charge is 0.272 e. The summed E-state index contributed by atoms with van der Waals surface area (Å²) in [5.74, 6) is -0.0546. The Labute approximate surface area is 245 Å². The summed E-state index contributed by atoms with van der Waals surface area (Å²) in [7, 11) is 1.59. The van der Waals surface area contributed by atoms with Gasteiger partial charge in [-0.3, -0.25) is 14.4 Å². The van der Waals surface area contributed by atoms with Gasteiger partial charge in [0, 0.05) is 26.3 Å². The molecule has 4 aromatic rings. The maximum Gasteiger partial charge on any atom is 0.272 e. The standard InChI is InChI=1S/C31H26BrN3O4S/c1-39-26-14-10-24(11-15-26)33-29(36)20-40-27-16-12-25(13-17-27)34-31(38)28(19-21-6-5-9-23(32)18-21)35-30(37)22-7-3-2-4-8-22/h2-19H,20H2,1H3,(H,33,36)(H,34,38)(H,35,37)/b28-19-. The predicted molar refractivity (Wildman–Crippen MR) is 163 cm³/mol. The van der Waals surface area contributed by atoms with Crippen LogP contribution in [0.1, 0.15) is 15.9 Å². The minimum Gasteiger partial charge on any atom is -0.497 e. The van der Waals surface area contributed by atoms with Crippen LogP contribution in [0.15, 0.2) is 118 Å². The highest BCUT2D eigenvalue weighted by molar-refractivity contribution is 9.10. The van der Waals surface area contributed by atoms with E-state index in [1.54, 1.807) is 73.8 Å². The molecule has 0 aliphatic carbocycles. The molecule has 3 amide bonds. The topological polar surface area (TPSA) is 96.5 Å². The van der Waals surface area contributed by atoms with Crippen molar-refractivity contribution in [2.24, 2.45) is 0 Å². The number of thioether (sulfide) groups is 1. The van der Waals surface area contributed by atoms with E-state index < -0.39 is 11.8 Å². The van der Waals surface area contributed by atoms with Gasteiger partial charge < -0.3 is 20.7 Å². The number of nitrogens with one attached hydrogen (secondary N) is 3. The molecule has 0 radical (unpaired) electrons. The van der Waals surface area contributed by atoms with E-state index in [1.807, 2.05) is 42.5 Å². The quantitative estimate of drug-likeness (QED) is 0.138. The molecule has 0 saturated heterocycles. The van der Waals surface area contributed by atoms with Crippen LogP contribution in [0, 0.1) is 0 Å². The SMILES string of the molecule is COc1ccc(NC(=O)CSc2ccc(NC(=O)/C(=C/c3cccc(Br)c3)NC(=O)c3ccccc3)cc2)cc1. The van der Waals surface area contributed by atoms with Crippen LogP contribution in [0.3, 0.4) is 0 Å². The van der Waals surface area contributed by atoms with E-state index in [-0.39, 0.29) is 17.4 Å². The molecule has 7 nitrogen and oxygen atoms in total. The monoisotopic (exact) mass is 615 g/mol. The first-order valence-corrected chi connectivity index (χ1v) is 14.0. The number of methoxy groups -OCH3 is 1. The minimum absolute atomic E-state index is 0.0978. The van der Waals surface area contributed by atoms with Crippen molar-refractivity contribution in [3.05, 3.63) is 124 Å².